The Hall–Kier alpha value is -0.563. The molecule has 0 fully saturated rings. The van der Waals surface area contributed by atoms with Gasteiger partial charge in [0.05, 0.1) is 9.52 Å². The molecule has 0 aliphatic rings. The van der Waals surface area contributed by atoms with Crippen molar-refractivity contribution in [1.29, 1.82) is 0 Å². The summed E-state index contributed by atoms with van der Waals surface area (Å²) in [7, 11) is 0.524. The first kappa shape index (κ1) is 17.5. The van der Waals surface area contributed by atoms with Gasteiger partial charge in [0.25, 0.3) is 0 Å². The van der Waals surface area contributed by atoms with Crippen LogP contribution in [0, 0.1) is 0 Å². The molecule has 0 saturated heterocycles. The van der Waals surface area contributed by atoms with E-state index in [0.29, 0.717) is 9.52 Å². The topological polar surface area (TPSA) is 0 Å². The molecule has 0 bridgehead atoms. The summed E-state index contributed by atoms with van der Waals surface area (Å²) in [5, 5.41) is 1.58. The maximum absolute atomic E-state index is 2.29. The van der Waals surface area contributed by atoms with Gasteiger partial charge in [0.1, 0.15) is 0 Å². The summed E-state index contributed by atoms with van der Waals surface area (Å²) in [4.78, 5) is 0. The highest BCUT2D eigenvalue weighted by atomic mass is 28.2. The quantitative estimate of drug-likeness (QED) is 0.333. The summed E-state index contributed by atoms with van der Waals surface area (Å²) in [6, 6.07) is 12.5. The molecule has 0 atom stereocenters. The Morgan fingerprint density at radius 3 is 1.70 bits per heavy atom. The first-order valence-electron chi connectivity index (χ1n) is 8.81. The van der Waals surface area contributed by atoms with Crippen LogP contribution in [0.3, 0.4) is 0 Å². The zero-order chi connectivity index (χ0) is 14.3. The van der Waals surface area contributed by atoms with E-state index in [0.717, 1.165) is 0 Å². The van der Waals surface area contributed by atoms with Crippen LogP contribution in [0.25, 0.3) is 0 Å². The van der Waals surface area contributed by atoms with Crippen molar-refractivity contribution in [3.63, 3.8) is 0 Å². The molecule has 0 aromatic heterocycles. The maximum atomic E-state index is 2.29. The molecular formula is C19H33Si. The van der Waals surface area contributed by atoms with Gasteiger partial charge in [0.15, 0.2) is 0 Å². The molecule has 0 aliphatic heterocycles. The van der Waals surface area contributed by atoms with Crippen LogP contribution >= 0.6 is 0 Å². The van der Waals surface area contributed by atoms with Crippen LogP contribution in [0.4, 0.5) is 0 Å². The number of rotatable bonds is 13. The first-order chi connectivity index (χ1) is 9.93. The van der Waals surface area contributed by atoms with E-state index in [9.17, 15) is 0 Å². The number of hydrogen-bond donors (Lipinski definition) is 0. The third-order valence-electron chi connectivity index (χ3n) is 3.99. The monoisotopic (exact) mass is 289 g/mol. The number of unbranched alkanes of at least 4 members (excludes halogenated alkanes) is 10. The van der Waals surface area contributed by atoms with Crippen molar-refractivity contribution >= 4 is 14.7 Å². The highest BCUT2D eigenvalue weighted by molar-refractivity contribution is 6.53. The molecule has 1 radical (unpaired) electrons. The van der Waals surface area contributed by atoms with Crippen molar-refractivity contribution in [3.8, 4) is 0 Å². The fourth-order valence-corrected chi connectivity index (χ4v) is 3.99. The molecule has 20 heavy (non-hydrogen) atoms. The van der Waals surface area contributed by atoms with E-state index < -0.39 is 0 Å². The third-order valence-corrected chi connectivity index (χ3v) is 5.54. The predicted octanol–water partition coefficient (Wildman–Crippen LogP) is 5.48. The Kier molecular flexibility index (Phi) is 11.7. The SMILES string of the molecule is CCCCCCCCCCCCC[SiH]c1ccccc1. The normalized spacial score (nSPS) is 10.8. The van der Waals surface area contributed by atoms with E-state index >= 15 is 0 Å². The molecule has 0 aliphatic carbocycles. The highest BCUT2D eigenvalue weighted by Gasteiger charge is 1.95. The van der Waals surface area contributed by atoms with Gasteiger partial charge in [-0.25, -0.2) is 0 Å². The van der Waals surface area contributed by atoms with Crippen LogP contribution in [-0.4, -0.2) is 9.52 Å². The van der Waals surface area contributed by atoms with Gasteiger partial charge in [-0.2, -0.15) is 0 Å². The lowest BCUT2D eigenvalue weighted by molar-refractivity contribution is 0.554. The van der Waals surface area contributed by atoms with E-state index in [1.54, 1.807) is 5.19 Å². The van der Waals surface area contributed by atoms with Crippen LogP contribution in [0.15, 0.2) is 30.3 Å². The molecule has 1 rings (SSSR count). The summed E-state index contributed by atoms with van der Waals surface area (Å²) < 4.78 is 0. The van der Waals surface area contributed by atoms with Crippen molar-refractivity contribution in [2.45, 2.75) is 83.6 Å². The molecule has 1 heteroatoms. The molecule has 0 nitrogen and oxygen atoms in total. The van der Waals surface area contributed by atoms with E-state index in [1.807, 2.05) is 0 Å². The molecule has 0 heterocycles. The Bertz CT molecular complexity index is 294. The van der Waals surface area contributed by atoms with Gasteiger partial charge >= 0.3 is 0 Å². The van der Waals surface area contributed by atoms with Crippen molar-refractivity contribution < 1.29 is 0 Å². The minimum atomic E-state index is 0.524. The number of hydrogen-bond acceptors (Lipinski definition) is 0. The van der Waals surface area contributed by atoms with Gasteiger partial charge in [-0.05, 0) is 0 Å². The minimum absolute atomic E-state index is 0.524. The van der Waals surface area contributed by atoms with Gasteiger partial charge in [0.2, 0.25) is 0 Å². The Balaban J connectivity index is 1.77. The minimum Gasteiger partial charge on any atom is -0.0656 e. The van der Waals surface area contributed by atoms with Crippen molar-refractivity contribution in [1.82, 2.24) is 0 Å². The summed E-state index contributed by atoms with van der Waals surface area (Å²) >= 11 is 0. The van der Waals surface area contributed by atoms with E-state index in [-0.39, 0.29) is 0 Å². The Morgan fingerprint density at radius 1 is 0.650 bits per heavy atom. The molecule has 113 valence electrons. The average Bonchev–Trinajstić information content (AvgIpc) is 2.49. The summed E-state index contributed by atoms with van der Waals surface area (Å²) in [5.41, 5.74) is 0. The van der Waals surface area contributed by atoms with Gasteiger partial charge in [-0.1, -0.05) is 119 Å². The van der Waals surface area contributed by atoms with Crippen molar-refractivity contribution in [2.75, 3.05) is 0 Å². The van der Waals surface area contributed by atoms with E-state index in [1.165, 1.54) is 76.7 Å². The summed E-state index contributed by atoms with van der Waals surface area (Å²) in [6.07, 6.45) is 16.0. The molecule has 0 amide bonds. The fraction of sp³-hybridized carbons (Fsp3) is 0.684. The largest absolute Gasteiger partial charge is 0.0667 e. The lowest BCUT2D eigenvalue weighted by atomic mass is 10.1. The molecule has 0 saturated carbocycles. The second kappa shape index (κ2) is 13.4. The summed E-state index contributed by atoms with van der Waals surface area (Å²) in [5.74, 6) is 0. The third kappa shape index (κ3) is 10.3. The second-order valence-corrected chi connectivity index (χ2v) is 7.59. The lowest BCUT2D eigenvalue weighted by Crippen LogP contribution is -2.12. The van der Waals surface area contributed by atoms with Gasteiger partial charge in [0, 0.05) is 0 Å². The van der Waals surface area contributed by atoms with Gasteiger partial charge < -0.3 is 0 Å². The highest BCUT2D eigenvalue weighted by Crippen LogP contribution is 2.11. The van der Waals surface area contributed by atoms with Crippen LogP contribution in [0.1, 0.15) is 77.6 Å². The second-order valence-electron chi connectivity index (χ2n) is 5.94. The molecule has 0 unspecified atom stereocenters. The van der Waals surface area contributed by atoms with Crippen LogP contribution < -0.4 is 5.19 Å². The molecule has 1 aromatic rings. The first-order valence-corrected chi connectivity index (χ1v) is 10.2. The van der Waals surface area contributed by atoms with Crippen LogP contribution in [-0.2, 0) is 0 Å². The van der Waals surface area contributed by atoms with Crippen LogP contribution in [0.2, 0.25) is 6.04 Å². The van der Waals surface area contributed by atoms with Gasteiger partial charge in [-0.3, -0.25) is 0 Å². The summed E-state index contributed by atoms with van der Waals surface area (Å²) in [6.45, 7) is 2.29. The average molecular weight is 290 g/mol. The standard InChI is InChI=1S/C19H33Si/c1-2-3-4-5-6-7-8-9-10-11-15-18-20-19-16-13-12-14-17-19/h12-14,16-17,20H,2-11,15,18H2,1H3. The zero-order valence-corrected chi connectivity index (χ0v) is 14.6. The molecule has 0 N–H and O–H groups in total. The predicted molar refractivity (Wildman–Crippen MR) is 94.5 cm³/mol. The van der Waals surface area contributed by atoms with Crippen molar-refractivity contribution in [3.05, 3.63) is 30.3 Å². The van der Waals surface area contributed by atoms with E-state index in [4.69, 9.17) is 0 Å². The molecule has 1 aromatic carbocycles. The smallest absolute Gasteiger partial charge is 0.0656 e. The van der Waals surface area contributed by atoms with Crippen molar-refractivity contribution in [2.24, 2.45) is 0 Å². The van der Waals surface area contributed by atoms with Crippen LogP contribution in [0.5, 0.6) is 0 Å². The maximum Gasteiger partial charge on any atom is 0.0667 e. The lowest BCUT2D eigenvalue weighted by Gasteiger charge is -2.03. The molecular weight excluding hydrogens is 256 g/mol. The molecule has 0 spiro atoms. The van der Waals surface area contributed by atoms with Gasteiger partial charge in [-0.15, -0.1) is 0 Å². The zero-order valence-electron chi connectivity index (χ0n) is 13.4. The fourth-order valence-electron chi connectivity index (χ4n) is 2.67. The Morgan fingerprint density at radius 2 is 1.15 bits per heavy atom. The number of benzene rings is 1. The Labute approximate surface area is 129 Å². The van der Waals surface area contributed by atoms with E-state index in [2.05, 4.69) is 37.3 Å².